The van der Waals surface area contributed by atoms with Crippen LogP contribution >= 0.6 is 11.8 Å². The first-order chi connectivity index (χ1) is 11.8. The van der Waals surface area contributed by atoms with Gasteiger partial charge in [-0.3, -0.25) is 9.59 Å². The molecule has 1 fully saturated rings. The van der Waals surface area contributed by atoms with Crippen molar-refractivity contribution in [3.8, 4) is 5.40 Å². The summed E-state index contributed by atoms with van der Waals surface area (Å²) in [6, 6.07) is 7.58. The minimum Gasteiger partial charge on any atom is -0.460 e. The second-order valence-electron chi connectivity index (χ2n) is 7.61. The third-order valence-electron chi connectivity index (χ3n) is 4.48. The fourth-order valence-corrected chi connectivity index (χ4v) is 3.65. The van der Waals surface area contributed by atoms with E-state index in [0.29, 0.717) is 35.6 Å². The molecule has 0 unspecified atom stereocenters. The van der Waals surface area contributed by atoms with Crippen LogP contribution in [-0.4, -0.2) is 16.7 Å². The van der Waals surface area contributed by atoms with Crippen LogP contribution in [0.25, 0.3) is 0 Å². The number of thioether (sulfide) groups is 1. The van der Waals surface area contributed by atoms with E-state index in [9.17, 15) is 9.59 Å². The number of carbonyl (C=O) groups excluding carboxylic acids is 2. The van der Waals surface area contributed by atoms with Gasteiger partial charge in [0, 0.05) is 23.7 Å². The van der Waals surface area contributed by atoms with Gasteiger partial charge in [-0.25, -0.2) is 0 Å². The molecule has 134 valence electrons. The van der Waals surface area contributed by atoms with E-state index in [1.165, 1.54) is 5.56 Å². The van der Waals surface area contributed by atoms with E-state index in [4.69, 9.17) is 10.00 Å². The largest absolute Gasteiger partial charge is 0.460 e. The minimum atomic E-state index is -0.419. The summed E-state index contributed by atoms with van der Waals surface area (Å²) in [5.41, 5.74) is 1.38. The zero-order valence-corrected chi connectivity index (χ0v) is 15.9. The molecule has 2 rings (SSSR count). The highest BCUT2D eigenvalue weighted by Crippen LogP contribution is 2.37. The molecule has 0 radical (unpaired) electrons. The van der Waals surface area contributed by atoms with E-state index < -0.39 is 5.60 Å². The van der Waals surface area contributed by atoms with Crippen molar-refractivity contribution in [3.63, 3.8) is 0 Å². The molecule has 0 heterocycles. The average Bonchev–Trinajstić information content (AvgIpc) is 2.54. The molecule has 0 bridgehead atoms. The molecule has 4 nitrogen and oxygen atoms in total. The number of benzene rings is 1. The third-order valence-corrected chi connectivity index (χ3v) is 4.99. The summed E-state index contributed by atoms with van der Waals surface area (Å²) in [5, 5.41) is 10.2. The Hall–Kier alpha value is -1.80. The molecule has 1 saturated carbocycles. The Bertz CT molecular complexity index is 647. The van der Waals surface area contributed by atoms with Crippen molar-refractivity contribution in [1.29, 1.82) is 5.26 Å². The molecule has 1 aromatic rings. The van der Waals surface area contributed by atoms with Crippen LogP contribution in [0.4, 0.5) is 0 Å². The summed E-state index contributed by atoms with van der Waals surface area (Å²) in [5.74, 6) is 0.774. The van der Waals surface area contributed by atoms with Crippen molar-refractivity contribution in [2.75, 3.05) is 0 Å². The summed E-state index contributed by atoms with van der Waals surface area (Å²) >= 11 is 0.658. The van der Waals surface area contributed by atoms with Gasteiger partial charge in [-0.05, 0) is 63.9 Å². The van der Waals surface area contributed by atoms with Crippen molar-refractivity contribution in [1.82, 2.24) is 0 Å². The van der Waals surface area contributed by atoms with Crippen LogP contribution < -0.4 is 0 Å². The Morgan fingerprint density at radius 2 is 1.76 bits per heavy atom. The number of carbonyl (C=O) groups is 2. The Morgan fingerprint density at radius 3 is 2.28 bits per heavy atom. The van der Waals surface area contributed by atoms with Gasteiger partial charge in [0.2, 0.25) is 5.12 Å². The van der Waals surface area contributed by atoms with Crippen molar-refractivity contribution >= 4 is 22.8 Å². The number of rotatable bonds is 4. The Kier molecular flexibility index (Phi) is 6.66. The maximum atomic E-state index is 12.0. The highest BCUT2D eigenvalue weighted by atomic mass is 32.2. The van der Waals surface area contributed by atoms with Gasteiger partial charge in [0.25, 0.3) is 0 Å². The van der Waals surface area contributed by atoms with E-state index in [1.807, 2.05) is 38.3 Å². The topological polar surface area (TPSA) is 67.2 Å². The van der Waals surface area contributed by atoms with Gasteiger partial charge < -0.3 is 4.74 Å². The van der Waals surface area contributed by atoms with E-state index >= 15 is 0 Å². The van der Waals surface area contributed by atoms with Crippen LogP contribution in [0.3, 0.4) is 0 Å². The summed E-state index contributed by atoms with van der Waals surface area (Å²) in [6.45, 7) is 5.68. The van der Waals surface area contributed by atoms with Crippen molar-refractivity contribution in [3.05, 3.63) is 35.4 Å². The first-order valence-corrected chi connectivity index (χ1v) is 9.52. The zero-order chi connectivity index (χ0) is 18.4. The molecule has 0 amide bonds. The first-order valence-electron chi connectivity index (χ1n) is 8.70. The fraction of sp³-hybridized carbons (Fsp3) is 0.550. The predicted molar refractivity (Wildman–Crippen MR) is 99.1 cm³/mol. The second kappa shape index (κ2) is 8.53. The van der Waals surface area contributed by atoms with Gasteiger partial charge in [-0.1, -0.05) is 24.3 Å². The number of hydrogen-bond acceptors (Lipinski definition) is 5. The second-order valence-corrected chi connectivity index (χ2v) is 8.37. The average molecular weight is 359 g/mol. The van der Waals surface area contributed by atoms with Crippen LogP contribution in [0.1, 0.15) is 74.7 Å². The van der Waals surface area contributed by atoms with Crippen LogP contribution in [0.5, 0.6) is 0 Å². The summed E-state index contributed by atoms with van der Waals surface area (Å²) in [7, 11) is 0. The minimum absolute atomic E-state index is 0.103. The van der Waals surface area contributed by atoms with Gasteiger partial charge in [0.05, 0.1) is 0 Å². The van der Waals surface area contributed by atoms with Gasteiger partial charge in [-0.15, -0.1) is 0 Å². The third kappa shape index (κ3) is 6.21. The summed E-state index contributed by atoms with van der Waals surface area (Å²) < 4.78 is 5.41. The van der Waals surface area contributed by atoms with Gasteiger partial charge >= 0.3 is 5.97 Å². The van der Waals surface area contributed by atoms with Crippen LogP contribution in [-0.2, 0) is 9.53 Å². The van der Waals surface area contributed by atoms with Crippen molar-refractivity contribution in [2.24, 2.45) is 5.92 Å². The summed E-state index contributed by atoms with van der Waals surface area (Å²) in [6.07, 6.45) is 4.65. The molecule has 0 N–H and O–H groups in total. The predicted octanol–water partition coefficient (Wildman–Crippen LogP) is 5.05. The highest BCUT2D eigenvalue weighted by molar-refractivity contribution is 8.18. The van der Waals surface area contributed by atoms with E-state index in [1.54, 1.807) is 12.1 Å². The lowest BCUT2D eigenvalue weighted by atomic mass is 9.77. The maximum absolute atomic E-state index is 12.0. The molecule has 0 spiro atoms. The van der Waals surface area contributed by atoms with E-state index in [0.717, 1.165) is 25.7 Å². The van der Waals surface area contributed by atoms with E-state index in [2.05, 4.69) is 0 Å². The quantitative estimate of drug-likeness (QED) is 0.556. The number of nitrogens with zero attached hydrogens (tertiary/aromatic N) is 1. The first kappa shape index (κ1) is 19.5. The summed E-state index contributed by atoms with van der Waals surface area (Å²) in [4.78, 5) is 23.6. The number of esters is 1. The normalized spacial score (nSPS) is 20.6. The molecule has 25 heavy (non-hydrogen) atoms. The molecule has 1 aliphatic rings. The number of nitriles is 1. The number of thiocyanates is 1. The molecule has 0 saturated heterocycles. The van der Waals surface area contributed by atoms with Crippen LogP contribution in [0, 0.1) is 16.6 Å². The van der Waals surface area contributed by atoms with Gasteiger partial charge in [0.15, 0.2) is 0 Å². The standard InChI is InChI=1S/C20H25NO3S/c1-20(2,3)24-18(22)12-14-4-6-15(7-5-14)16-8-10-17(11-9-16)19(23)25-13-21/h8-11,14-15H,4-7,12H2,1-3H3/t14-,15-. The zero-order valence-electron chi connectivity index (χ0n) is 15.1. The number of hydrogen-bond donors (Lipinski definition) is 0. The molecule has 1 aromatic carbocycles. The SMILES string of the molecule is CC(C)(C)OC(=O)C[C@H]1CC[C@H](c2ccc(C(=O)SC#N)cc2)CC1. The van der Waals surface area contributed by atoms with Crippen LogP contribution in [0.2, 0.25) is 0 Å². The van der Waals surface area contributed by atoms with E-state index in [-0.39, 0.29) is 11.1 Å². The molecule has 0 atom stereocenters. The maximum Gasteiger partial charge on any atom is 0.306 e. The Morgan fingerprint density at radius 1 is 1.16 bits per heavy atom. The fourth-order valence-electron chi connectivity index (χ4n) is 3.31. The number of ether oxygens (including phenoxy) is 1. The lowest BCUT2D eigenvalue weighted by molar-refractivity contribution is -0.156. The smallest absolute Gasteiger partial charge is 0.306 e. The lowest BCUT2D eigenvalue weighted by Gasteiger charge is -2.29. The van der Waals surface area contributed by atoms with Gasteiger partial charge in [-0.2, -0.15) is 5.26 Å². The molecular weight excluding hydrogens is 334 g/mol. The van der Waals surface area contributed by atoms with Crippen molar-refractivity contribution in [2.45, 2.75) is 64.4 Å². The lowest BCUT2D eigenvalue weighted by Crippen LogP contribution is -2.26. The Labute approximate surface area is 153 Å². The molecule has 1 aliphatic carbocycles. The van der Waals surface area contributed by atoms with Crippen LogP contribution in [0.15, 0.2) is 24.3 Å². The molecule has 0 aromatic heterocycles. The van der Waals surface area contributed by atoms with Gasteiger partial charge in [0.1, 0.15) is 11.0 Å². The molecular formula is C20H25NO3S. The highest BCUT2D eigenvalue weighted by Gasteiger charge is 2.26. The van der Waals surface area contributed by atoms with Crippen molar-refractivity contribution < 1.29 is 14.3 Å². The monoisotopic (exact) mass is 359 g/mol. The molecule has 5 heteroatoms. The Balaban J connectivity index is 1.85. The molecule has 0 aliphatic heterocycles.